The minimum absolute atomic E-state index is 0.0642. The molecule has 2 aromatic rings. The number of nitrogens with two attached hydrogens (primary N) is 1. The molecule has 0 spiro atoms. The second kappa shape index (κ2) is 5.96. The van der Waals surface area contributed by atoms with Gasteiger partial charge in [0, 0.05) is 11.8 Å². The lowest BCUT2D eigenvalue weighted by molar-refractivity contribution is 0.341. The fraction of sp³-hybridized carbons (Fsp3) is 0.200. The van der Waals surface area contributed by atoms with Gasteiger partial charge in [-0.2, -0.15) is 0 Å². The van der Waals surface area contributed by atoms with Crippen molar-refractivity contribution in [3.05, 3.63) is 54.1 Å². The highest BCUT2D eigenvalue weighted by molar-refractivity contribution is 7.91. The van der Waals surface area contributed by atoms with Crippen LogP contribution in [0.1, 0.15) is 5.56 Å². The van der Waals surface area contributed by atoms with Crippen LogP contribution in [0.2, 0.25) is 0 Å². The molecule has 0 fully saturated rings. The van der Waals surface area contributed by atoms with Gasteiger partial charge in [0.05, 0.1) is 10.6 Å². The second-order valence-corrected chi connectivity index (χ2v) is 6.67. The highest BCUT2D eigenvalue weighted by Crippen LogP contribution is 2.16. The Morgan fingerprint density at radius 3 is 2.55 bits per heavy atom. The Hall–Kier alpha value is -2.01. The summed E-state index contributed by atoms with van der Waals surface area (Å²) in [4.78, 5) is 0.327. The molecule has 0 saturated carbocycles. The predicted octanol–water partition coefficient (Wildman–Crippen LogP) is 2.43. The van der Waals surface area contributed by atoms with E-state index in [2.05, 4.69) is 0 Å². The molecule has 0 aliphatic heterocycles. The van der Waals surface area contributed by atoms with E-state index in [1.165, 1.54) is 0 Å². The molecule has 106 valence electrons. The molecule has 2 rings (SSSR count). The largest absolute Gasteiger partial charge is 0.492 e. The van der Waals surface area contributed by atoms with Gasteiger partial charge in [-0.3, -0.25) is 0 Å². The van der Waals surface area contributed by atoms with Gasteiger partial charge in [-0.05, 0) is 36.8 Å². The highest BCUT2D eigenvalue weighted by Gasteiger charge is 2.14. The van der Waals surface area contributed by atoms with E-state index in [1.54, 1.807) is 42.5 Å². The summed E-state index contributed by atoms with van der Waals surface area (Å²) in [6, 6.07) is 13.8. The zero-order chi connectivity index (χ0) is 14.6. The SMILES string of the molecule is Cc1cccc(S(=O)(=O)CCOc2cccc(N)c2)c1. The molecule has 2 N–H and O–H groups in total. The maximum atomic E-state index is 12.1. The van der Waals surface area contributed by atoms with Crippen molar-refractivity contribution in [3.8, 4) is 5.75 Å². The number of hydrogen-bond donors (Lipinski definition) is 1. The molecular formula is C15H17NO3S. The zero-order valence-corrected chi connectivity index (χ0v) is 12.1. The number of rotatable bonds is 5. The number of benzene rings is 2. The van der Waals surface area contributed by atoms with Gasteiger partial charge in [-0.25, -0.2) is 8.42 Å². The van der Waals surface area contributed by atoms with Crippen molar-refractivity contribution in [3.63, 3.8) is 0 Å². The Balaban J connectivity index is 2.00. The molecule has 2 aromatic carbocycles. The van der Waals surface area contributed by atoms with E-state index in [4.69, 9.17) is 10.5 Å². The summed E-state index contributed by atoms with van der Waals surface area (Å²) in [5.74, 6) is 0.509. The van der Waals surface area contributed by atoms with E-state index in [0.29, 0.717) is 16.3 Å². The van der Waals surface area contributed by atoms with Crippen molar-refractivity contribution >= 4 is 15.5 Å². The zero-order valence-electron chi connectivity index (χ0n) is 11.2. The smallest absolute Gasteiger partial charge is 0.181 e. The van der Waals surface area contributed by atoms with E-state index in [1.807, 2.05) is 13.0 Å². The molecule has 0 saturated heterocycles. The average Bonchev–Trinajstić information content (AvgIpc) is 2.38. The number of aryl methyl sites for hydroxylation is 1. The van der Waals surface area contributed by atoms with Crippen LogP contribution < -0.4 is 10.5 Å². The molecule has 0 heterocycles. The summed E-state index contributed by atoms with van der Waals surface area (Å²) in [5.41, 5.74) is 7.13. The van der Waals surface area contributed by atoms with Crippen molar-refractivity contribution in [1.82, 2.24) is 0 Å². The molecule has 0 aliphatic rings. The second-order valence-electron chi connectivity index (χ2n) is 4.56. The van der Waals surface area contributed by atoms with Crippen LogP contribution in [0.4, 0.5) is 5.69 Å². The Bertz CT molecular complexity index is 696. The molecular weight excluding hydrogens is 274 g/mol. The van der Waals surface area contributed by atoms with Crippen LogP contribution >= 0.6 is 0 Å². The number of ether oxygens (including phenoxy) is 1. The molecule has 0 aliphatic carbocycles. The molecule has 0 amide bonds. The van der Waals surface area contributed by atoms with E-state index in [0.717, 1.165) is 5.56 Å². The third-order valence-corrected chi connectivity index (χ3v) is 4.50. The fourth-order valence-electron chi connectivity index (χ4n) is 1.80. The van der Waals surface area contributed by atoms with Gasteiger partial charge < -0.3 is 10.5 Å². The van der Waals surface area contributed by atoms with Crippen LogP contribution in [-0.2, 0) is 9.84 Å². The van der Waals surface area contributed by atoms with E-state index in [9.17, 15) is 8.42 Å². The fourth-order valence-corrected chi connectivity index (χ4v) is 2.99. The van der Waals surface area contributed by atoms with Gasteiger partial charge in [0.2, 0.25) is 0 Å². The molecule has 0 bridgehead atoms. The Kier molecular flexibility index (Phi) is 4.29. The molecule has 0 unspecified atom stereocenters. The van der Waals surface area contributed by atoms with Crippen molar-refractivity contribution < 1.29 is 13.2 Å². The molecule has 4 nitrogen and oxygen atoms in total. The summed E-state index contributed by atoms with van der Waals surface area (Å²) in [6.07, 6.45) is 0. The average molecular weight is 291 g/mol. The topological polar surface area (TPSA) is 69.4 Å². The molecule has 20 heavy (non-hydrogen) atoms. The van der Waals surface area contributed by atoms with Gasteiger partial charge >= 0.3 is 0 Å². The predicted molar refractivity (Wildman–Crippen MR) is 79.6 cm³/mol. The minimum atomic E-state index is -3.32. The van der Waals surface area contributed by atoms with Gasteiger partial charge in [0.1, 0.15) is 12.4 Å². The summed E-state index contributed by atoms with van der Waals surface area (Å²) >= 11 is 0. The Morgan fingerprint density at radius 2 is 1.85 bits per heavy atom. The van der Waals surface area contributed by atoms with Crippen molar-refractivity contribution in [1.29, 1.82) is 0 Å². The molecule has 5 heteroatoms. The first kappa shape index (κ1) is 14.4. The van der Waals surface area contributed by atoms with E-state index < -0.39 is 9.84 Å². The van der Waals surface area contributed by atoms with Crippen LogP contribution in [0.15, 0.2) is 53.4 Å². The number of nitrogen functional groups attached to an aromatic ring is 1. The Labute approximate surface area is 119 Å². The molecule has 0 radical (unpaired) electrons. The van der Waals surface area contributed by atoms with Crippen LogP contribution in [0.5, 0.6) is 5.75 Å². The monoisotopic (exact) mass is 291 g/mol. The van der Waals surface area contributed by atoms with Gasteiger partial charge in [-0.1, -0.05) is 18.2 Å². The van der Waals surface area contributed by atoms with Crippen LogP contribution in [0.25, 0.3) is 0 Å². The normalized spacial score (nSPS) is 11.2. The maximum absolute atomic E-state index is 12.1. The van der Waals surface area contributed by atoms with Gasteiger partial charge in [0.25, 0.3) is 0 Å². The first-order chi connectivity index (χ1) is 9.47. The van der Waals surface area contributed by atoms with Gasteiger partial charge in [-0.15, -0.1) is 0 Å². The maximum Gasteiger partial charge on any atom is 0.181 e. The summed E-state index contributed by atoms with van der Waals surface area (Å²) in [5, 5.41) is 0. The van der Waals surface area contributed by atoms with Crippen molar-refractivity contribution in [2.45, 2.75) is 11.8 Å². The number of sulfone groups is 1. The summed E-state index contributed by atoms with van der Waals surface area (Å²) in [7, 11) is -3.32. The summed E-state index contributed by atoms with van der Waals surface area (Å²) < 4.78 is 29.7. The lowest BCUT2D eigenvalue weighted by Gasteiger charge is -2.08. The Morgan fingerprint density at radius 1 is 1.10 bits per heavy atom. The number of anilines is 1. The van der Waals surface area contributed by atoms with E-state index in [-0.39, 0.29) is 12.4 Å². The van der Waals surface area contributed by atoms with Crippen molar-refractivity contribution in [2.75, 3.05) is 18.1 Å². The van der Waals surface area contributed by atoms with Crippen molar-refractivity contribution in [2.24, 2.45) is 0 Å². The lowest BCUT2D eigenvalue weighted by atomic mass is 10.2. The van der Waals surface area contributed by atoms with E-state index >= 15 is 0 Å². The standard InChI is InChI=1S/C15H17NO3S/c1-12-4-2-7-15(10-12)20(17,18)9-8-19-14-6-3-5-13(16)11-14/h2-7,10-11H,8-9,16H2,1H3. The first-order valence-corrected chi connectivity index (χ1v) is 7.90. The summed E-state index contributed by atoms with van der Waals surface area (Å²) in [6.45, 7) is 1.96. The first-order valence-electron chi connectivity index (χ1n) is 6.25. The molecule has 0 atom stereocenters. The third-order valence-electron chi connectivity index (χ3n) is 2.83. The van der Waals surface area contributed by atoms with Gasteiger partial charge in [0.15, 0.2) is 9.84 Å². The highest BCUT2D eigenvalue weighted by atomic mass is 32.2. The van der Waals surface area contributed by atoms with Crippen LogP contribution in [0, 0.1) is 6.92 Å². The number of hydrogen-bond acceptors (Lipinski definition) is 4. The third kappa shape index (κ3) is 3.74. The minimum Gasteiger partial charge on any atom is -0.492 e. The van der Waals surface area contributed by atoms with Crippen LogP contribution in [-0.4, -0.2) is 20.8 Å². The quantitative estimate of drug-likeness (QED) is 0.859. The van der Waals surface area contributed by atoms with Crippen LogP contribution in [0.3, 0.4) is 0 Å². The molecule has 0 aromatic heterocycles. The lowest BCUT2D eigenvalue weighted by Crippen LogP contribution is -2.14.